The van der Waals surface area contributed by atoms with Crippen LogP contribution >= 0.6 is 0 Å². The molecule has 3 rings (SSSR count). The minimum absolute atomic E-state index is 0.0494. The molecule has 0 aliphatic carbocycles. The van der Waals surface area contributed by atoms with Crippen LogP contribution < -0.4 is 0 Å². The molecule has 0 saturated heterocycles. The maximum atomic E-state index is 13.1. The van der Waals surface area contributed by atoms with Crippen LogP contribution in [0.15, 0.2) is 66.1 Å². The summed E-state index contributed by atoms with van der Waals surface area (Å²) in [5, 5.41) is 0.149. The van der Waals surface area contributed by atoms with Crippen LogP contribution in [0.3, 0.4) is 0 Å². The summed E-state index contributed by atoms with van der Waals surface area (Å²) in [6.07, 6.45) is 3.47. The van der Waals surface area contributed by atoms with E-state index >= 15 is 0 Å². The van der Waals surface area contributed by atoms with Gasteiger partial charge >= 0.3 is 0 Å². The highest BCUT2D eigenvalue weighted by molar-refractivity contribution is 7.90. The predicted octanol–water partition coefficient (Wildman–Crippen LogP) is 3.54. The first-order valence-corrected chi connectivity index (χ1v) is 11.4. The van der Waals surface area contributed by atoms with Gasteiger partial charge in [-0.1, -0.05) is 50.2 Å². The monoisotopic (exact) mass is 412 g/mol. The molecule has 0 N–H and O–H groups in total. The first-order chi connectivity index (χ1) is 13.8. The SMILES string of the molecule is CC(C)Cn1c(CN(C)Cc2ccccn2)cnc1S(=O)(=O)Cc1ccccc1. The van der Waals surface area contributed by atoms with E-state index in [1.807, 2.05) is 60.1 Å². The number of pyridine rings is 1. The van der Waals surface area contributed by atoms with Crippen molar-refractivity contribution in [1.82, 2.24) is 19.4 Å². The third kappa shape index (κ3) is 5.74. The topological polar surface area (TPSA) is 68.1 Å². The van der Waals surface area contributed by atoms with E-state index in [0.717, 1.165) is 17.0 Å². The quantitative estimate of drug-likeness (QED) is 0.538. The second-order valence-electron chi connectivity index (χ2n) is 7.77. The fourth-order valence-corrected chi connectivity index (χ4v) is 4.79. The average molecular weight is 413 g/mol. The van der Waals surface area contributed by atoms with Gasteiger partial charge in [-0.3, -0.25) is 9.88 Å². The van der Waals surface area contributed by atoms with Crippen molar-refractivity contribution < 1.29 is 8.42 Å². The Morgan fingerprint density at radius 3 is 2.38 bits per heavy atom. The zero-order valence-corrected chi connectivity index (χ0v) is 18.0. The minimum atomic E-state index is -3.54. The standard InChI is InChI=1S/C22H28N4O2S/c1-18(2)14-26-21(16-25(3)15-20-11-7-8-12-23-20)13-24-22(26)29(27,28)17-19-9-5-4-6-10-19/h4-13,18H,14-17H2,1-3H3. The Morgan fingerprint density at radius 1 is 1.00 bits per heavy atom. The molecular weight excluding hydrogens is 384 g/mol. The number of benzene rings is 1. The summed E-state index contributed by atoms with van der Waals surface area (Å²) in [4.78, 5) is 10.8. The summed E-state index contributed by atoms with van der Waals surface area (Å²) in [5.41, 5.74) is 2.63. The maximum Gasteiger partial charge on any atom is 0.228 e. The largest absolute Gasteiger partial charge is 0.317 e. The number of rotatable bonds is 9. The van der Waals surface area contributed by atoms with Crippen LogP contribution in [0.25, 0.3) is 0 Å². The van der Waals surface area contributed by atoms with Gasteiger partial charge in [-0.05, 0) is 30.7 Å². The lowest BCUT2D eigenvalue weighted by molar-refractivity contribution is 0.301. The van der Waals surface area contributed by atoms with E-state index in [2.05, 4.69) is 28.7 Å². The second-order valence-corrected chi connectivity index (χ2v) is 9.66. The number of sulfone groups is 1. The Balaban J connectivity index is 1.84. The van der Waals surface area contributed by atoms with E-state index in [0.29, 0.717) is 25.6 Å². The van der Waals surface area contributed by atoms with Crippen molar-refractivity contribution in [3.8, 4) is 0 Å². The Morgan fingerprint density at radius 2 is 1.72 bits per heavy atom. The number of hydrogen-bond acceptors (Lipinski definition) is 5. The molecular formula is C22H28N4O2S. The summed E-state index contributed by atoms with van der Waals surface area (Å²) in [6.45, 7) is 6.04. The second kappa shape index (κ2) is 9.33. The summed E-state index contributed by atoms with van der Waals surface area (Å²) >= 11 is 0. The molecule has 154 valence electrons. The highest BCUT2D eigenvalue weighted by Gasteiger charge is 2.24. The molecule has 0 amide bonds. The van der Waals surface area contributed by atoms with Gasteiger partial charge in [0, 0.05) is 25.8 Å². The minimum Gasteiger partial charge on any atom is -0.317 e. The summed E-state index contributed by atoms with van der Waals surface area (Å²) in [7, 11) is -1.54. The first-order valence-electron chi connectivity index (χ1n) is 9.74. The molecule has 29 heavy (non-hydrogen) atoms. The molecule has 0 saturated carbocycles. The van der Waals surface area contributed by atoms with E-state index in [1.165, 1.54) is 0 Å². The normalized spacial score (nSPS) is 12.0. The summed E-state index contributed by atoms with van der Waals surface area (Å²) in [5.74, 6) is 0.251. The van der Waals surface area contributed by atoms with Gasteiger partial charge in [-0.2, -0.15) is 0 Å². The molecule has 3 aromatic rings. The lowest BCUT2D eigenvalue weighted by Gasteiger charge is -2.19. The molecule has 1 aromatic carbocycles. The smallest absolute Gasteiger partial charge is 0.228 e. The first kappa shape index (κ1) is 21.2. The van der Waals surface area contributed by atoms with Crippen LogP contribution in [-0.2, 0) is 35.2 Å². The molecule has 0 aliphatic rings. The predicted molar refractivity (Wildman–Crippen MR) is 114 cm³/mol. The lowest BCUT2D eigenvalue weighted by Crippen LogP contribution is -2.22. The van der Waals surface area contributed by atoms with Crippen LogP contribution in [0.1, 0.15) is 30.8 Å². The van der Waals surface area contributed by atoms with Crippen molar-refractivity contribution in [3.05, 3.63) is 77.9 Å². The van der Waals surface area contributed by atoms with Crippen LogP contribution in [0.5, 0.6) is 0 Å². The van der Waals surface area contributed by atoms with Gasteiger partial charge in [0.15, 0.2) is 0 Å². The number of aromatic nitrogens is 3. The van der Waals surface area contributed by atoms with Crippen molar-refractivity contribution in [2.24, 2.45) is 5.92 Å². The summed E-state index contributed by atoms with van der Waals surface area (Å²) in [6, 6.07) is 15.1. The molecule has 0 bridgehead atoms. The fourth-order valence-electron chi connectivity index (χ4n) is 3.29. The van der Waals surface area contributed by atoms with Gasteiger partial charge in [0.2, 0.25) is 15.0 Å². The van der Waals surface area contributed by atoms with Crippen LogP contribution in [0, 0.1) is 5.92 Å². The molecule has 7 heteroatoms. The number of hydrogen-bond donors (Lipinski definition) is 0. The number of imidazole rings is 1. The maximum absolute atomic E-state index is 13.1. The zero-order chi connectivity index (χ0) is 20.9. The molecule has 0 fully saturated rings. The van der Waals surface area contributed by atoms with Gasteiger partial charge in [0.25, 0.3) is 0 Å². The Bertz CT molecular complexity index is 1020. The summed E-state index contributed by atoms with van der Waals surface area (Å²) < 4.78 is 28.0. The molecule has 0 radical (unpaired) electrons. The average Bonchev–Trinajstić information content (AvgIpc) is 3.05. The van der Waals surface area contributed by atoms with Gasteiger partial charge in [0.1, 0.15) is 0 Å². The molecule has 0 atom stereocenters. The van der Waals surface area contributed by atoms with E-state index in [-0.39, 0.29) is 10.9 Å². The third-order valence-corrected chi connectivity index (χ3v) is 6.11. The van der Waals surface area contributed by atoms with Crippen molar-refractivity contribution in [2.75, 3.05) is 7.05 Å². The van der Waals surface area contributed by atoms with Gasteiger partial charge < -0.3 is 4.57 Å². The Kier molecular flexibility index (Phi) is 6.82. The molecule has 0 aliphatic heterocycles. The molecule has 0 unspecified atom stereocenters. The third-order valence-electron chi connectivity index (χ3n) is 4.52. The zero-order valence-electron chi connectivity index (χ0n) is 17.2. The van der Waals surface area contributed by atoms with Gasteiger partial charge in [-0.15, -0.1) is 0 Å². The van der Waals surface area contributed by atoms with Crippen LogP contribution in [0.4, 0.5) is 0 Å². The highest BCUT2D eigenvalue weighted by Crippen LogP contribution is 2.20. The lowest BCUT2D eigenvalue weighted by atomic mass is 10.2. The van der Waals surface area contributed by atoms with Crippen molar-refractivity contribution >= 4 is 9.84 Å². The molecule has 2 heterocycles. The van der Waals surface area contributed by atoms with E-state index in [9.17, 15) is 8.42 Å². The molecule has 2 aromatic heterocycles. The Hall–Kier alpha value is -2.51. The molecule has 6 nitrogen and oxygen atoms in total. The molecule has 0 spiro atoms. The Labute approximate surface area is 173 Å². The van der Waals surface area contributed by atoms with E-state index in [1.54, 1.807) is 12.4 Å². The van der Waals surface area contributed by atoms with E-state index < -0.39 is 9.84 Å². The number of nitrogens with zero attached hydrogens (tertiary/aromatic N) is 4. The van der Waals surface area contributed by atoms with Crippen LogP contribution in [0.2, 0.25) is 0 Å². The highest BCUT2D eigenvalue weighted by atomic mass is 32.2. The van der Waals surface area contributed by atoms with Crippen molar-refractivity contribution in [1.29, 1.82) is 0 Å². The van der Waals surface area contributed by atoms with Crippen LogP contribution in [-0.4, -0.2) is 34.9 Å². The van der Waals surface area contributed by atoms with Gasteiger partial charge in [-0.25, -0.2) is 13.4 Å². The van der Waals surface area contributed by atoms with Crippen molar-refractivity contribution in [3.63, 3.8) is 0 Å². The van der Waals surface area contributed by atoms with E-state index in [4.69, 9.17) is 0 Å². The fraction of sp³-hybridized carbons (Fsp3) is 0.364. The van der Waals surface area contributed by atoms with Gasteiger partial charge in [0.05, 0.1) is 23.3 Å². The van der Waals surface area contributed by atoms with Crippen molar-refractivity contribution in [2.45, 2.75) is 44.4 Å².